The topological polar surface area (TPSA) is 37.8 Å². The molecule has 17 heavy (non-hydrogen) atoms. The number of nitrogens with zero attached hydrogens (tertiary/aromatic N) is 2. The van der Waals surface area contributed by atoms with Crippen LogP contribution < -0.4 is 5.32 Å². The highest BCUT2D eigenvalue weighted by atomic mass is 79.9. The van der Waals surface area contributed by atoms with Crippen LogP contribution in [-0.4, -0.2) is 15.5 Å². The Morgan fingerprint density at radius 1 is 1.41 bits per heavy atom. The number of anilines is 1. The molecule has 0 spiro atoms. The fraction of sp³-hybridized carbons (Fsp3) is 0.692. The molecule has 3 nitrogen and oxygen atoms in total. The van der Waals surface area contributed by atoms with Crippen molar-refractivity contribution >= 4 is 21.7 Å². The Morgan fingerprint density at radius 3 is 2.71 bits per heavy atom. The molecule has 0 atom stereocenters. The predicted octanol–water partition coefficient (Wildman–Crippen LogP) is 3.86. The van der Waals surface area contributed by atoms with Gasteiger partial charge in [-0.15, -0.1) is 0 Å². The molecule has 1 aromatic heterocycles. The van der Waals surface area contributed by atoms with Crippen LogP contribution in [0.3, 0.4) is 0 Å². The second kappa shape index (κ2) is 4.23. The highest BCUT2D eigenvalue weighted by Gasteiger charge is 2.35. The molecule has 1 heterocycles. The average Bonchev–Trinajstić information content (AvgIpc) is 3.06. The maximum Gasteiger partial charge on any atom is 0.135 e. The molecule has 3 rings (SSSR count). The van der Waals surface area contributed by atoms with Crippen molar-refractivity contribution in [3.8, 4) is 0 Å². The second-order valence-electron chi connectivity index (χ2n) is 5.32. The monoisotopic (exact) mass is 295 g/mol. The van der Waals surface area contributed by atoms with E-state index in [4.69, 9.17) is 0 Å². The lowest BCUT2D eigenvalue weighted by Crippen LogP contribution is -2.44. The quantitative estimate of drug-likeness (QED) is 0.857. The van der Waals surface area contributed by atoms with E-state index < -0.39 is 0 Å². The molecule has 0 aliphatic heterocycles. The zero-order valence-corrected chi connectivity index (χ0v) is 11.8. The van der Waals surface area contributed by atoms with Gasteiger partial charge < -0.3 is 5.32 Å². The van der Waals surface area contributed by atoms with Crippen LogP contribution in [0, 0.1) is 0 Å². The largest absolute Gasteiger partial charge is 0.365 e. The summed E-state index contributed by atoms with van der Waals surface area (Å²) in [6.07, 6.45) is 7.54. The fourth-order valence-electron chi connectivity index (χ4n) is 2.47. The summed E-state index contributed by atoms with van der Waals surface area (Å²) in [6, 6.07) is 2.00. The Labute approximate surface area is 111 Å². The Balaban J connectivity index is 1.82. The minimum absolute atomic E-state index is 0.300. The summed E-state index contributed by atoms with van der Waals surface area (Å²) in [6.45, 7) is 2.25. The highest BCUT2D eigenvalue weighted by Crippen LogP contribution is 2.40. The van der Waals surface area contributed by atoms with Gasteiger partial charge in [-0.25, -0.2) is 9.97 Å². The van der Waals surface area contributed by atoms with Crippen molar-refractivity contribution in [3.05, 3.63) is 16.5 Å². The van der Waals surface area contributed by atoms with Crippen LogP contribution in [-0.2, 0) is 0 Å². The molecule has 1 N–H and O–H groups in total. The SMILES string of the molecule is CCC1(Nc2cc(Br)nc(C3CC3)n2)CCC1. The lowest BCUT2D eigenvalue weighted by molar-refractivity contribution is 0.268. The second-order valence-corrected chi connectivity index (χ2v) is 6.13. The summed E-state index contributed by atoms with van der Waals surface area (Å²) in [5.41, 5.74) is 0.300. The summed E-state index contributed by atoms with van der Waals surface area (Å²) in [5.74, 6) is 2.61. The zero-order valence-electron chi connectivity index (χ0n) is 10.2. The lowest BCUT2D eigenvalue weighted by atomic mass is 9.75. The van der Waals surface area contributed by atoms with Crippen molar-refractivity contribution in [1.82, 2.24) is 9.97 Å². The van der Waals surface area contributed by atoms with E-state index >= 15 is 0 Å². The number of nitrogens with one attached hydrogen (secondary N) is 1. The highest BCUT2D eigenvalue weighted by molar-refractivity contribution is 9.10. The third-order valence-corrected chi connectivity index (χ3v) is 4.44. The number of aromatic nitrogens is 2. The van der Waals surface area contributed by atoms with Gasteiger partial charge in [-0.1, -0.05) is 6.92 Å². The number of halogens is 1. The van der Waals surface area contributed by atoms with Crippen LogP contribution in [0.1, 0.15) is 57.2 Å². The first-order valence-corrected chi connectivity index (χ1v) is 7.33. The molecule has 2 fully saturated rings. The lowest BCUT2D eigenvalue weighted by Gasteiger charge is -2.42. The van der Waals surface area contributed by atoms with Gasteiger partial charge in [0.1, 0.15) is 16.2 Å². The minimum atomic E-state index is 0.300. The van der Waals surface area contributed by atoms with Crippen molar-refractivity contribution in [2.75, 3.05) is 5.32 Å². The standard InChI is InChI=1S/C13H18BrN3/c1-2-13(6-3-7-13)17-11-8-10(14)15-12(16-11)9-4-5-9/h8-9H,2-7H2,1H3,(H,15,16,17). The molecule has 0 unspecified atom stereocenters. The molecule has 0 radical (unpaired) electrons. The molecule has 2 aliphatic rings. The van der Waals surface area contributed by atoms with E-state index in [0.29, 0.717) is 11.5 Å². The van der Waals surface area contributed by atoms with E-state index in [0.717, 1.165) is 16.2 Å². The molecule has 0 bridgehead atoms. The van der Waals surface area contributed by atoms with Crippen LogP contribution in [0.15, 0.2) is 10.7 Å². The third-order valence-electron chi connectivity index (χ3n) is 4.04. The molecule has 92 valence electrons. The van der Waals surface area contributed by atoms with Crippen molar-refractivity contribution < 1.29 is 0 Å². The number of rotatable bonds is 4. The summed E-state index contributed by atoms with van der Waals surface area (Å²) >= 11 is 3.49. The first-order chi connectivity index (χ1) is 8.21. The molecular formula is C13H18BrN3. The summed E-state index contributed by atoms with van der Waals surface area (Å²) < 4.78 is 0.905. The van der Waals surface area contributed by atoms with E-state index in [-0.39, 0.29) is 0 Å². The van der Waals surface area contributed by atoms with Crippen molar-refractivity contribution in [1.29, 1.82) is 0 Å². The summed E-state index contributed by atoms with van der Waals surface area (Å²) in [7, 11) is 0. The molecule has 2 aliphatic carbocycles. The van der Waals surface area contributed by atoms with E-state index in [1.165, 1.54) is 38.5 Å². The molecule has 2 saturated carbocycles. The summed E-state index contributed by atoms with van der Waals surface area (Å²) in [4.78, 5) is 9.12. The van der Waals surface area contributed by atoms with Gasteiger partial charge in [0.05, 0.1) is 0 Å². The maximum atomic E-state index is 4.66. The number of hydrogen-bond acceptors (Lipinski definition) is 3. The fourth-order valence-corrected chi connectivity index (χ4v) is 2.86. The molecule has 1 aromatic rings. The number of hydrogen-bond donors (Lipinski definition) is 1. The minimum Gasteiger partial charge on any atom is -0.365 e. The van der Waals surface area contributed by atoms with Gasteiger partial charge in [0.25, 0.3) is 0 Å². The maximum absolute atomic E-state index is 4.66. The van der Waals surface area contributed by atoms with Gasteiger partial charge in [-0.2, -0.15) is 0 Å². The Hall–Kier alpha value is -0.640. The van der Waals surface area contributed by atoms with Crippen LogP contribution in [0.4, 0.5) is 5.82 Å². The van der Waals surface area contributed by atoms with Crippen molar-refractivity contribution in [2.24, 2.45) is 0 Å². The van der Waals surface area contributed by atoms with E-state index in [1.54, 1.807) is 0 Å². The normalized spacial score (nSPS) is 22.0. The first-order valence-electron chi connectivity index (χ1n) is 6.53. The van der Waals surface area contributed by atoms with Gasteiger partial charge in [0.2, 0.25) is 0 Å². The van der Waals surface area contributed by atoms with E-state index in [1.807, 2.05) is 6.07 Å². The van der Waals surface area contributed by atoms with Gasteiger partial charge >= 0.3 is 0 Å². The van der Waals surface area contributed by atoms with Gasteiger partial charge in [0.15, 0.2) is 0 Å². The molecule has 0 aromatic carbocycles. The smallest absolute Gasteiger partial charge is 0.135 e. The van der Waals surface area contributed by atoms with Crippen molar-refractivity contribution in [3.63, 3.8) is 0 Å². The van der Waals surface area contributed by atoms with Crippen LogP contribution in [0.25, 0.3) is 0 Å². The Kier molecular flexibility index (Phi) is 2.85. The van der Waals surface area contributed by atoms with Gasteiger partial charge in [-0.05, 0) is 54.5 Å². The van der Waals surface area contributed by atoms with E-state index in [2.05, 4.69) is 38.1 Å². The average molecular weight is 296 g/mol. The molecule has 0 saturated heterocycles. The predicted molar refractivity (Wildman–Crippen MR) is 72.2 cm³/mol. The molecular weight excluding hydrogens is 278 g/mol. The van der Waals surface area contributed by atoms with Crippen molar-refractivity contribution in [2.45, 2.75) is 56.9 Å². The Bertz CT molecular complexity index is 419. The van der Waals surface area contributed by atoms with Crippen LogP contribution in [0.2, 0.25) is 0 Å². The van der Waals surface area contributed by atoms with Crippen LogP contribution in [0.5, 0.6) is 0 Å². The Morgan fingerprint density at radius 2 is 2.18 bits per heavy atom. The zero-order chi connectivity index (χ0) is 11.9. The third kappa shape index (κ3) is 2.32. The molecule has 4 heteroatoms. The molecule has 0 amide bonds. The van der Waals surface area contributed by atoms with Gasteiger partial charge in [-0.3, -0.25) is 0 Å². The van der Waals surface area contributed by atoms with Crippen LogP contribution >= 0.6 is 15.9 Å². The van der Waals surface area contributed by atoms with E-state index in [9.17, 15) is 0 Å². The summed E-state index contributed by atoms with van der Waals surface area (Å²) in [5, 5.41) is 3.62. The first kappa shape index (κ1) is 11.5. The van der Waals surface area contributed by atoms with Gasteiger partial charge in [0, 0.05) is 17.5 Å².